The van der Waals surface area contributed by atoms with E-state index in [4.69, 9.17) is 27.9 Å². The Balaban J connectivity index is 1.50. The number of halogens is 5. The number of ether oxygens (including phenoxy) is 1. The van der Waals surface area contributed by atoms with E-state index in [-0.39, 0.29) is 18.0 Å². The Bertz CT molecular complexity index is 1030. The highest BCUT2D eigenvalue weighted by Gasteiger charge is 2.33. The van der Waals surface area contributed by atoms with Crippen LogP contribution in [-0.2, 0) is 17.6 Å². The summed E-state index contributed by atoms with van der Waals surface area (Å²) in [5.41, 5.74) is -1.03. The minimum Gasteiger partial charge on any atom is -0.486 e. The predicted molar refractivity (Wildman–Crippen MR) is 108 cm³/mol. The molecular formula is C18H13Cl2F3N4O2S. The van der Waals surface area contributed by atoms with Crippen molar-refractivity contribution in [2.45, 2.75) is 17.9 Å². The maximum atomic E-state index is 12.9. The molecule has 0 radical (unpaired) electrons. The summed E-state index contributed by atoms with van der Waals surface area (Å²) in [6.45, 7) is 0.131. The number of rotatable bonds is 7. The molecule has 0 aliphatic carbocycles. The second-order valence-electron chi connectivity index (χ2n) is 5.84. The van der Waals surface area contributed by atoms with Gasteiger partial charge in [0.25, 0.3) is 0 Å². The molecule has 3 rings (SSSR count). The van der Waals surface area contributed by atoms with Gasteiger partial charge in [0.2, 0.25) is 11.1 Å². The van der Waals surface area contributed by atoms with Crippen LogP contribution in [0.2, 0.25) is 10.0 Å². The molecule has 2 N–H and O–H groups in total. The number of thioether (sulfide) groups is 1. The number of anilines is 1. The Labute approximate surface area is 183 Å². The molecule has 1 amide bonds. The Hall–Kier alpha value is -2.43. The molecule has 3 aromatic rings. The first-order valence-electron chi connectivity index (χ1n) is 8.30. The van der Waals surface area contributed by atoms with Crippen LogP contribution in [0.5, 0.6) is 5.75 Å². The zero-order valence-electron chi connectivity index (χ0n) is 15.0. The predicted octanol–water partition coefficient (Wildman–Crippen LogP) is 5.44. The van der Waals surface area contributed by atoms with Gasteiger partial charge in [-0.3, -0.25) is 9.89 Å². The van der Waals surface area contributed by atoms with Crippen molar-refractivity contribution in [1.29, 1.82) is 0 Å². The average Bonchev–Trinajstić information content (AvgIpc) is 3.14. The van der Waals surface area contributed by atoms with Gasteiger partial charge >= 0.3 is 6.18 Å². The molecule has 1 heterocycles. The van der Waals surface area contributed by atoms with E-state index in [9.17, 15) is 18.0 Å². The van der Waals surface area contributed by atoms with E-state index in [1.807, 2.05) is 0 Å². The lowest BCUT2D eigenvalue weighted by Crippen LogP contribution is -2.15. The smallest absolute Gasteiger partial charge is 0.417 e. The van der Waals surface area contributed by atoms with Crippen molar-refractivity contribution in [3.05, 3.63) is 63.9 Å². The molecule has 0 fully saturated rings. The minimum absolute atomic E-state index is 0.00985. The number of hydrogen-bond acceptors (Lipinski definition) is 5. The van der Waals surface area contributed by atoms with Crippen molar-refractivity contribution in [1.82, 2.24) is 15.2 Å². The fourth-order valence-electron chi connectivity index (χ4n) is 2.24. The largest absolute Gasteiger partial charge is 0.486 e. The van der Waals surface area contributed by atoms with Gasteiger partial charge in [0.15, 0.2) is 5.82 Å². The third-order valence-corrected chi connectivity index (χ3v) is 5.02. The minimum atomic E-state index is -4.62. The maximum absolute atomic E-state index is 12.9. The van der Waals surface area contributed by atoms with E-state index in [1.165, 1.54) is 6.07 Å². The number of aromatic amines is 1. The van der Waals surface area contributed by atoms with Crippen LogP contribution < -0.4 is 10.1 Å². The first-order chi connectivity index (χ1) is 14.2. The lowest BCUT2D eigenvalue weighted by atomic mass is 10.2. The number of nitrogens with zero attached hydrogens (tertiary/aromatic N) is 2. The summed E-state index contributed by atoms with van der Waals surface area (Å²) in [5, 5.41) is 9.48. The topological polar surface area (TPSA) is 79.9 Å². The highest BCUT2D eigenvalue weighted by atomic mass is 35.5. The van der Waals surface area contributed by atoms with Crippen molar-refractivity contribution >= 4 is 46.6 Å². The number of carbonyl (C=O) groups excluding carboxylic acids is 1. The van der Waals surface area contributed by atoms with Gasteiger partial charge in [-0.1, -0.05) is 35.0 Å². The normalized spacial score (nSPS) is 11.4. The molecular weight excluding hydrogens is 464 g/mol. The number of H-pyrrole nitrogens is 1. The number of nitrogens with one attached hydrogen (secondary N) is 2. The van der Waals surface area contributed by atoms with E-state index >= 15 is 0 Å². The SMILES string of the molecule is O=C(CSc1n[nH]c(COc2ccc(Cl)cc2)n1)Nc1ccc(Cl)c(C(F)(F)F)c1. The van der Waals surface area contributed by atoms with E-state index in [0.29, 0.717) is 21.8 Å². The number of amides is 1. The zero-order chi connectivity index (χ0) is 21.7. The monoisotopic (exact) mass is 476 g/mol. The van der Waals surface area contributed by atoms with Crippen LogP contribution in [0.1, 0.15) is 11.4 Å². The number of alkyl halides is 3. The molecule has 0 saturated carbocycles. The van der Waals surface area contributed by atoms with Gasteiger partial charge in [-0.05, 0) is 42.5 Å². The van der Waals surface area contributed by atoms with E-state index in [1.54, 1.807) is 24.3 Å². The van der Waals surface area contributed by atoms with Crippen molar-refractivity contribution < 1.29 is 22.7 Å². The van der Waals surface area contributed by atoms with Crippen molar-refractivity contribution in [2.24, 2.45) is 0 Å². The van der Waals surface area contributed by atoms with Crippen LogP contribution in [0.25, 0.3) is 0 Å². The van der Waals surface area contributed by atoms with Gasteiger partial charge < -0.3 is 10.1 Å². The Morgan fingerprint density at radius 2 is 1.90 bits per heavy atom. The molecule has 12 heteroatoms. The van der Waals surface area contributed by atoms with Gasteiger partial charge in [-0.2, -0.15) is 13.2 Å². The highest BCUT2D eigenvalue weighted by Crippen LogP contribution is 2.36. The fraction of sp³-hybridized carbons (Fsp3) is 0.167. The summed E-state index contributed by atoms with van der Waals surface area (Å²) in [6, 6.07) is 9.95. The molecule has 0 aliphatic rings. The van der Waals surface area contributed by atoms with E-state index < -0.39 is 22.7 Å². The molecule has 158 valence electrons. The zero-order valence-corrected chi connectivity index (χ0v) is 17.3. The van der Waals surface area contributed by atoms with Crippen LogP contribution in [0.4, 0.5) is 18.9 Å². The molecule has 0 aliphatic heterocycles. The van der Waals surface area contributed by atoms with E-state index in [0.717, 1.165) is 23.9 Å². The third kappa shape index (κ3) is 6.28. The molecule has 0 unspecified atom stereocenters. The standard InChI is InChI=1S/C18H13Cl2F3N4O2S/c19-10-1-4-12(5-2-10)29-8-15-25-17(27-26-15)30-9-16(28)24-11-3-6-14(20)13(7-11)18(21,22)23/h1-7H,8-9H2,(H,24,28)(H,25,26,27). The van der Waals surface area contributed by atoms with Crippen LogP contribution in [0.3, 0.4) is 0 Å². The molecule has 6 nitrogen and oxygen atoms in total. The van der Waals surface area contributed by atoms with Gasteiger partial charge in [0, 0.05) is 10.7 Å². The average molecular weight is 477 g/mol. The number of carbonyl (C=O) groups is 1. The summed E-state index contributed by atoms with van der Waals surface area (Å²) in [7, 11) is 0. The summed E-state index contributed by atoms with van der Waals surface area (Å²) >= 11 is 12.4. The first kappa shape index (κ1) is 22.3. The Morgan fingerprint density at radius 1 is 1.17 bits per heavy atom. The molecule has 0 saturated heterocycles. The van der Waals surface area contributed by atoms with Gasteiger partial charge in [-0.15, -0.1) is 5.10 Å². The Kier molecular flexibility index (Phi) is 7.11. The van der Waals surface area contributed by atoms with Gasteiger partial charge in [0.05, 0.1) is 16.3 Å². The number of hydrogen-bond donors (Lipinski definition) is 2. The Morgan fingerprint density at radius 3 is 2.60 bits per heavy atom. The second kappa shape index (κ2) is 9.59. The maximum Gasteiger partial charge on any atom is 0.417 e. The van der Waals surface area contributed by atoms with Crippen LogP contribution in [0, 0.1) is 0 Å². The van der Waals surface area contributed by atoms with Crippen molar-refractivity contribution in [2.75, 3.05) is 11.1 Å². The lowest BCUT2D eigenvalue weighted by Gasteiger charge is -2.11. The molecule has 1 aromatic heterocycles. The van der Waals surface area contributed by atoms with Crippen LogP contribution in [-0.4, -0.2) is 26.8 Å². The van der Waals surface area contributed by atoms with Crippen LogP contribution in [0.15, 0.2) is 47.6 Å². The molecule has 0 spiro atoms. The summed E-state index contributed by atoms with van der Waals surface area (Å²) in [5.74, 6) is 0.435. The molecule has 2 aromatic carbocycles. The number of benzene rings is 2. The van der Waals surface area contributed by atoms with Gasteiger partial charge in [0.1, 0.15) is 12.4 Å². The molecule has 0 bridgehead atoms. The molecule has 30 heavy (non-hydrogen) atoms. The lowest BCUT2D eigenvalue weighted by molar-refractivity contribution is -0.137. The summed E-state index contributed by atoms with van der Waals surface area (Å²) in [6.07, 6.45) is -4.62. The quantitative estimate of drug-likeness (QED) is 0.443. The van der Waals surface area contributed by atoms with Gasteiger partial charge in [-0.25, -0.2) is 4.98 Å². The fourth-order valence-corrected chi connectivity index (χ4v) is 3.20. The second-order valence-corrected chi connectivity index (χ2v) is 7.62. The van der Waals surface area contributed by atoms with Crippen LogP contribution >= 0.6 is 35.0 Å². The third-order valence-electron chi connectivity index (χ3n) is 3.59. The molecule has 0 atom stereocenters. The van der Waals surface area contributed by atoms with Crippen molar-refractivity contribution in [3.63, 3.8) is 0 Å². The van der Waals surface area contributed by atoms with E-state index in [2.05, 4.69) is 20.5 Å². The van der Waals surface area contributed by atoms with Crippen molar-refractivity contribution in [3.8, 4) is 5.75 Å². The summed E-state index contributed by atoms with van der Waals surface area (Å²) < 4.78 is 44.2. The highest BCUT2D eigenvalue weighted by molar-refractivity contribution is 7.99. The number of aromatic nitrogens is 3. The summed E-state index contributed by atoms with van der Waals surface area (Å²) in [4.78, 5) is 16.2. The first-order valence-corrected chi connectivity index (χ1v) is 10.0.